The maximum Gasteiger partial charge on any atom is 0.329 e. The van der Waals surface area contributed by atoms with Gasteiger partial charge in [-0.1, -0.05) is 12.1 Å². The quantitative estimate of drug-likeness (QED) is 0.286. The number of urea groups is 1. The van der Waals surface area contributed by atoms with Crippen molar-refractivity contribution in [1.82, 2.24) is 10.2 Å². The number of hydrogen-bond donors (Lipinski definition) is 2. The van der Waals surface area contributed by atoms with Crippen molar-refractivity contribution in [3.05, 3.63) is 60.6 Å². The van der Waals surface area contributed by atoms with E-state index in [0.717, 1.165) is 17.8 Å². The van der Waals surface area contributed by atoms with Crippen LogP contribution in [0.1, 0.15) is 12.5 Å². The summed E-state index contributed by atoms with van der Waals surface area (Å²) in [6.07, 6.45) is 1.54. The van der Waals surface area contributed by atoms with Crippen LogP contribution in [0.5, 0.6) is 5.75 Å². The first-order valence-electron chi connectivity index (χ1n) is 8.81. The normalized spacial score (nSPS) is 14.8. The first kappa shape index (κ1) is 22.5. The number of hydrogen-bond acceptors (Lipinski definition) is 4. The van der Waals surface area contributed by atoms with Gasteiger partial charge in [-0.15, -0.1) is 0 Å². The van der Waals surface area contributed by atoms with Gasteiger partial charge in [-0.3, -0.25) is 9.59 Å². The molecule has 0 bridgehead atoms. The van der Waals surface area contributed by atoms with Gasteiger partial charge in [0, 0.05) is 0 Å². The molecule has 4 amide bonds. The first-order chi connectivity index (χ1) is 14.3. The minimum Gasteiger partial charge on any atom is -0.492 e. The first-order valence-corrected chi connectivity index (χ1v) is 11.0. The monoisotopic (exact) mass is 635 g/mol. The largest absolute Gasteiger partial charge is 0.492 e. The van der Waals surface area contributed by atoms with Crippen molar-refractivity contribution in [3.8, 4) is 5.75 Å². The van der Waals surface area contributed by atoms with Crippen molar-refractivity contribution in [3.63, 3.8) is 0 Å². The van der Waals surface area contributed by atoms with Gasteiger partial charge in [0.2, 0.25) is 5.91 Å². The minimum atomic E-state index is -0.717. The Labute approximate surface area is 199 Å². The minimum absolute atomic E-state index is 0.0242. The molecule has 0 unspecified atom stereocenters. The molecule has 2 N–H and O–H groups in total. The topological polar surface area (TPSA) is 87.7 Å². The maximum absolute atomic E-state index is 13.7. The lowest BCUT2D eigenvalue weighted by Gasteiger charge is -2.12. The number of carbonyl (C=O) groups excluding carboxylic acids is 3. The number of nitrogens with zero attached hydrogens (tertiary/aromatic N) is 1. The number of carbonyl (C=O) groups is 3. The fourth-order valence-corrected chi connectivity index (χ4v) is 4.85. The lowest BCUT2D eigenvalue weighted by Crippen LogP contribution is -2.38. The third-order valence-electron chi connectivity index (χ3n) is 4.03. The van der Waals surface area contributed by atoms with Crippen LogP contribution < -0.4 is 15.4 Å². The molecule has 0 radical (unpaired) electrons. The highest BCUT2D eigenvalue weighted by Gasteiger charge is 2.35. The Hall–Kier alpha value is -2.22. The third-order valence-corrected chi connectivity index (χ3v) is 5.63. The number of amides is 4. The van der Waals surface area contributed by atoms with Crippen molar-refractivity contribution in [2.24, 2.45) is 0 Å². The summed E-state index contributed by atoms with van der Waals surface area (Å²) < 4.78 is 21.0. The van der Waals surface area contributed by atoms with Crippen molar-refractivity contribution < 1.29 is 23.5 Å². The van der Waals surface area contributed by atoms with Crippen LogP contribution >= 0.6 is 45.2 Å². The summed E-state index contributed by atoms with van der Waals surface area (Å²) in [5.41, 5.74) is 0.729. The van der Waals surface area contributed by atoms with E-state index in [1.165, 1.54) is 24.3 Å². The van der Waals surface area contributed by atoms with Crippen LogP contribution in [0.2, 0.25) is 0 Å². The van der Waals surface area contributed by atoms with E-state index in [1.54, 1.807) is 6.07 Å². The Morgan fingerprint density at radius 2 is 1.90 bits per heavy atom. The number of imide groups is 1. The predicted octanol–water partition coefficient (Wildman–Crippen LogP) is 3.97. The number of benzene rings is 2. The van der Waals surface area contributed by atoms with E-state index in [9.17, 15) is 18.8 Å². The molecule has 10 heteroatoms. The van der Waals surface area contributed by atoms with Crippen LogP contribution in [0.4, 0.5) is 14.9 Å². The number of para-hydroxylation sites is 1. The van der Waals surface area contributed by atoms with Crippen LogP contribution in [0.15, 0.2) is 42.1 Å². The fraction of sp³-hybridized carbons (Fsp3) is 0.150. The summed E-state index contributed by atoms with van der Waals surface area (Å²) in [5, 5.41) is 4.82. The molecule has 3 rings (SSSR count). The molecule has 0 aromatic heterocycles. The molecule has 1 saturated heterocycles. The standard InChI is InChI=1S/C20H16FI2N3O4/c1-2-30-18-13(22)7-11(8-14(18)23)9-16-19(28)26(20(29)25-16)10-17(27)24-15-6-4-3-5-12(15)21/h3-9H,2,10H2,1H3,(H,24,27)(H,25,29)/b16-9+. The molecule has 0 atom stereocenters. The molecule has 7 nitrogen and oxygen atoms in total. The van der Waals surface area contributed by atoms with E-state index >= 15 is 0 Å². The van der Waals surface area contributed by atoms with Gasteiger partial charge >= 0.3 is 6.03 Å². The molecule has 0 aliphatic carbocycles. The Kier molecular flexibility index (Phi) is 7.28. The van der Waals surface area contributed by atoms with Gasteiger partial charge in [0.15, 0.2) is 0 Å². The highest BCUT2D eigenvalue weighted by Crippen LogP contribution is 2.30. The van der Waals surface area contributed by atoms with Gasteiger partial charge in [-0.2, -0.15) is 0 Å². The van der Waals surface area contributed by atoms with E-state index in [4.69, 9.17) is 4.74 Å². The molecule has 2 aromatic rings. The van der Waals surface area contributed by atoms with E-state index < -0.39 is 30.2 Å². The molecule has 30 heavy (non-hydrogen) atoms. The van der Waals surface area contributed by atoms with Crippen LogP contribution in [-0.4, -0.2) is 35.9 Å². The van der Waals surface area contributed by atoms with Gasteiger partial charge in [0.25, 0.3) is 5.91 Å². The van der Waals surface area contributed by atoms with Gasteiger partial charge in [-0.05, 0) is 88.0 Å². The zero-order valence-electron chi connectivity index (χ0n) is 15.7. The molecule has 1 heterocycles. The lowest BCUT2D eigenvalue weighted by atomic mass is 10.2. The number of rotatable bonds is 6. The molecule has 1 aliphatic rings. The van der Waals surface area contributed by atoms with Crippen molar-refractivity contribution >= 4 is 74.8 Å². The smallest absolute Gasteiger partial charge is 0.329 e. The van der Waals surface area contributed by atoms with Gasteiger partial charge in [0.1, 0.15) is 23.8 Å². The second-order valence-corrected chi connectivity index (χ2v) is 8.48. The van der Waals surface area contributed by atoms with Gasteiger partial charge in [-0.25, -0.2) is 14.1 Å². The molecule has 1 fully saturated rings. The summed E-state index contributed by atoms with van der Waals surface area (Å²) in [4.78, 5) is 37.7. The zero-order valence-corrected chi connectivity index (χ0v) is 20.0. The van der Waals surface area contributed by atoms with E-state index in [1.807, 2.05) is 19.1 Å². The van der Waals surface area contributed by atoms with E-state index in [0.29, 0.717) is 12.2 Å². The molecule has 156 valence electrons. The predicted molar refractivity (Wildman–Crippen MR) is 126 cm³/mol. The molecule has 2 aromatic carbocycles. The van der Waals surface area contributed by atoms with Crippen LogP contribution in [0.3, 0.4) is 0 Å². The summed E-state index contributed by atoms with van der Waals surface area (Å²) in [6, 6.07) is 8.57. The molecule has 1 aliphatic heterocycles. The summed E-state index contributed by atoms with van der Waals surface area (Å²) in [6.45, 7) is 1.89. The second kappa shape index (κ2) is 9.73. The number of nitrogens with one attached hydrogen (secondary N) is 2. The highest BCUT2D eigenvalue weighted by atomic mass is 127. The average molecular weight is 635 g/mol. The fourth-order valence-electron chi connectivity index (χ4n) is 2.72. The number of anilines is 1. The summed E-state index contributed by atoms with van der Waals surface area (Å²) in [7, 11) is 0. The van der Waals surface area contributed by atoms with Crippen molar-refractivity contribution in [1.29, 1.82) is 0 Å². The van der Waals surface area contributed by atoms with Crippen molar-refractivity contribution in [2.75, 3.05) is 18.5 Å². The Bertz CT molecular complexity index is 1040. The molecular weight excluding hydrogens is 619 g/mol. The molecule has 0 saturated carbocycles. The van der Waals surface area contributed by atoms with Gasteiger partial charge in [0.05, 0.1) is 19.4 Å². The SMILES string of the molecule is CCOc1c(I)cc(/C=C2/NC(=O)N(CC(=O)Nc3ccccc3F)C2=O)cc1I. The highest BCUT2D eigenvalue weighted by molar-refractivity contribution is 14.1. The summed E-state index contributed by atoms with van der Waals surface area (Å²) >= 11 is 4.28. The van der Waals surface area contributed by atoms with Crippen LogP contribution in [0.25, 0.3) is 6.08 Å². The van der Waals surface area contributed by atoms with Crippen molar-refractivity contribution in [2.45, 2.75) is 6.92 Å². The second-order valence-electron chi connectivity index (χ2n) is 6.15. The third kappa shape index (κ3) is 5.09. The van der Waals surface area contributed by atoms with Gasteiger partial charge < -0.3 is 15.4 Å². The Balaban J connectivity index is 1.74. The zero-order chi connectivity index (χ0) is 21.8. The van der Waals surface area contributed by atoms with E-state index in [-0.39, 0.29) is 11.4 Å². The average Bonchev–Trinajstić information content (AvgIpc) is 2.94. The number of halogens is 3. The van der Waals surface area contributed by atoms with E-state index in [2.05, 4.69) is 55.8 Å². The van der Waals surface area contributed by atoms with Crippen LogP contribution in [-0.2, 0) is 9.59 Å². The Morgan fingerprint density at radius 3 is 2.53 bits per heavy atom. The molecular formula is C20H16FI2N3O4. The lowest BCUT2D eigenvalue weighted by molar-refractivity contribution is -0.127. The number of ether oxygens (including phenoxy) is 1. The Morgan fingerprint density at radius 1 is 1.23 bits per heavy atom. The summed E-state index contributed by atoms with van der Waals surface area (Å²) in [5.74, 6) is -1.17. The maximum atomic E-state index is 13.7. The van der Waals surface area contributed by atoms with Crippen LogP contribution in [0, 0.1) is 13.0 Å². The molecule has 0 spiro atoms.